The molecule has 162 valence electrons. The van der Waals surface area contributed by atoms with Crippen LogP contribution in [0.2, 0.25) is 0 Å². The molecule has 1 aliphatic carbocycles. The molecule has 1 fully saturated rings. The van der Waals surface area contributed by atoms with E-state index in [9.17, 15) is 14.7 Å². The number of aryl methyl sites for hydroxylation is 1. The first-order valence-corrected chi connectivity index (χ1v) is 11.0. The number of nitrogens with one attached hydrogen (secondary N) is 1. The van der Waals surface area contributed by atoms with Crippen LogP contribution >= 0.6 is 11.5 Å². The minimum atomic E-state index is -0.873. The largest absolute Gasteiger partial charge is 0.480 e. The first-order chi connectivity index (χ1) is 15.4. The molecule has 6 nitrogen and oxygen atoms in total. The van der Waals surface area contributed by atoms with Gasteiger partial charge >= 0.3 is 12.1 Å². The summed E-state index contributed by atoms with van der Waals surface area (Å²) in [5.41, 5.74) is 2.98. The second kappa shape index (κ2) is 8.85. The molecule has 1 amide bonds. The van der Waals surface area contributed by atoms with Gasteiger partial charge in [0.05, 0.1) is 16.3 Å². The van der Waals surface area contributed by atoms with Gasteiger partial charge in [0.1, 0.15) is 11.5 Å². The van der Waals surface area contributed by atoms with E-state index in [0.717, 1.165) is 21.6 Å². The summed E-state index contributed by atoms with van der Waals surface area (Å²) in [4.78, 5) is 24.6. The molecule has 2 aromatic carbocycles. The van der Waals surface area contributed by atoms with E-state index in [0.29, 0.717) is 24.2 Å². The zero-order valence-electron chi connectivity index (χ0n) is 17.7. The number of carboxylic acids is 1. The van der Waals surface area contributed by atoms with Gasteiger partial charge in [0, 0.05) is 5.56 Å². The Balaban J connectivity index is 1.47. The lowest BCUT2D eigenvalue weighted by Gasteiger charge is -2.14. The monoisotopic (exact) mass is 446 g/mol. The van der Waals surface area contributed by atoms with Gasteiger partial charge in [-0.1, -0.05) is 54.3 Å². The van der Waals surface area contributed by atoms with Crippen LogP contribution in [0.25, 0.3) is 10.4 Å². The van der Waals surface area contributed by atoms with Crippen molar-refractivity contribution >= 4 is 29.3 Å². The number of hydrogen-bond donors (Lipinski definition) is 2. The molecule has 0 radical (unpaired) electrons. The normalized spacial score (nSPS) is 14.6. The predicted molar refractivity (Wildman–Crippen MR) is 123 cm³/mol. The van der Waals surface area contributed by atoms with Crippen molar-refractivity contribution in [2.24, 2.45) is 5.41 Å². The predicted octanol–water partition coefficient (Wildman–Crippen LogP) is 5.64. The third-order valence-electron chi connectivity index (χ3n) is 5.40. The molecule has 0 bridgehead atoms. The highest BCUT2D eigenvalue weighted by Gasteiger charge is 2.49. The van der Waals surface area contributed by atoms with Crippen LogP contribution in [0, 0.1) is 24.2 Å². The van der Waals surface area contributed by atoms with Crippen LogP contribution in [0.3, 0.4) is 0 Å². The van der Waals surface area contributed by atoms with Crippen molar-refractivity contribution in [2.75, 3.05) is 5.32 Å². The van der Waals surface area contributed by atoms with Crippen LogP contribution in [0.5, 0.6) is 0 Å². The summed E-state index contributed by atoms with van der Waals surface area (Å²) in [6.45, 7) is 3.65. The quantitative estimate of drug-likeness (QED) is 0.495. The minimum Gasteiger partial charge on any atom is -0.480 e. The van der Waals surface area contributed by atoms with Crippen molar-refractivity contribution in [3.05, 3.63) is 71.4 Å². The summed E-state index contributed by atoms with van der Waals surface area (Å²) in [7, 11) is 0. The lowest BCUT2D eigenvalue weighted by atomic mass is 10.1. The van der Waals surface area contributed by atoms with Crippen molar-refractivity contribution in [2.45, 2.75) is 32.8 Å². The SMILES string of the molecule is Cc1nsc(-c2ccc(C#CC3(C(=O)O)CC3)cc2)c1NC(=O)OC(C)c1ccccc1. The third kappa shape index (κ3) is 4.66. The van der Waals surface area contributed by atoms with Crippen LogP contribution in [0.15, 0.2) is 54.6 Å². The van der Waals surface area contributed by atoms with Crippen molar-refractivity contribution in [1.29, 1.82) is 0 Å². The van der Waals surface area contributed by atoms with E-state index in [4.69, 9.17) is 4.74 Å². The second-order valence-corrected chi connectivity index (χ2v) is 8.54. The average Bonchev–Trinajstić information content (AvgIpc) is 3.52. The van der Waals surface area contributed by atoms with Crippen molar-refractivity contribution in [1.82, 2.24) is 4.37 Å². The number of aliphatic carboxylic acids is 1. The zero-order chi connectivity index (χ0) is 22.7. The van der Waals surface area contributed by atoms with Gasteiger partial charge in [-0.05, 0) is 61.5 Å². The van der Waals surface area contributed by atoms with E-state index in [1.807, 2.05) is 68.4 Å². The Kier molecular flexibility index (Phi) is 5.97. The fourth-order valence-corrected chi connectivity index (χ4v) is 4.06. The van der Waals surface area contributed by atoms with Crippen LogP contribution < -0.4 is 5.32 Å². The molecule has 1 atom stereocenters. The maximum Gasteiger partial charge on any atom is 0.412 e. The molecule has 2 N–H and O–H groups in total. The third-order valence-corrected chi connectivity index (χ3v) is 6.38. The van der Waals surface area contributed by atoms with Crippen molar-refractivity contribution in [3.8, 4) is 22.3 Å². The van der Waals surface area contributed by atoms with Crippen molar-refractivity contribution in [3.63, 3.8) is 0 Å². The highest BCUT2D eigenvalue weighted by atomic mass is 32.1. The number of aromatic nitrogens is 1. The van der Waals surface area contributed by atoms with Gasteiger partial charge in [-0.3, -0.25) is 10.1 Å². The number of anilines is 1. The van der Waals surface area contributed by atoms with E-state index in [2.05, 4.69) is 21.5 Å². The smallest absolute Gasteiger partial charge is 0.412 e. The standard InChI is InChI=1S/C25H22N2O4S/c1-16-21(26-24(30)31-17(2)19-6-4-3-5-7-19)22(32-27-16)20-10-8-18(9-11-20)12-13-25(14-15-25)23(28)29/h3-11,17H,14-15H2,1-2H3,(H,26,30)(H,28,29). The Morgan fingerprint density at radius 2 is 1.84 bits per heavy atom. The summed E-state index contributed by atoms with van der Waals surface area (Å²) < 4.78 is 9.90. The van der Waals surface area contributed by atoms with Gasteiger partial charge in [0.2, 0.25) is 0 Å². The van der Waals surface area contributed by atoms with E-state index in [-0.39, 0.29) is 6.10 Å². The Hall–Kier alpha value is -3.63. The molecule has 4 rings (SSSR count). The van der Waals surface area contributed by atoms with Gasteiger partial charge in [-0.15, -0.1) is 0 Å². The molecular weight excluding hydrogens is 424 g/mol. The summed E-state index contributed by atoms with van der Waals surface area (Å²) in [5.74, 6) is 4.99. The van der Waals surface area contributed by atoms with Crippen LogP contribution in [0.4, 0.5) is 10.5 Å². The van der Waals surface area contributed by atoms with Crippen LogP contribution in [-0.2, 0) is 9.53 Å². The lowest BCUT2D eigenvalue weighted by Crippen LogP contribution is -2.16. The van der Waals surface area contributed by atoms with Gasteiger partial charge < -0.3 is 9.84 Å². The number of rotatable bonds is 5. The summed E-state index contributed by atoms with van der Waals surface area (Å²) in [5, 5.41) is 12.1. The molecule has 0 aliphatic heterocycles. The van der Waals surface area contributed by atoms with Crippen LogP contribution in [0.1, 0.15) is 42.7 Å². The molecule has 3 aromatic rings. The van der Waals surface area contributed by atoms with Gasteiger partial charge in [0.15, 0.2) is 0 Å². The first kappa shape index (κ1) is 21.6. The van der Waals surface area contributed by atoms with Crippen LogP contribution in [-0.4, -0.2) is 21.5 Å². The summed E-state index contributed by atoms with van der Waals surface area (Å²) in [6.07, 6.45) is 0.269. The molecule has 1 aliphatic rings. The lowest BCUT2D eigenvalue weighted by molar-refractivity contribution is -0.141. The first-order valence-electron chi connectivity index (χ1n) is 10.2. The van der Waals surface area contributed by atoms with Gasteiger partial charge in [-0.25, -0.2) is 4.79 Å². The zero-order valence-corrected chi connectivity index (χ0v) is 18.5. The highest BCUT2D eigenvalue weighted by Crippen LogP contribution is 2.45. The molecule has 7 heteroatoms. The summed E-state index contributed by atoms with van der Waals surface area (Å²) >= 11 is 1.29. The Labute approximate surface area is 190 Å². The highest BCUT2D eigenvalue weighted by molar-refractivity contribution is 7.10. The Bertz CT molecular complexity index is 1200. The van der Waals surface area contributed by atoms with Gasteiger partial charge in [-0.2, -0.15) is 4.37 Å². The molecule has 1 heterocycles. The number of hydrogen-bond acceptors (Lipinski definition) is 5. The fraction of sp³-hybridized carbons (Fsp3) is 0.240. The fourth-order valence-electron chi connectivity index (χ4n) is 3.21. The molecular formula is C25H22N2O4S. The maximum absolute atomic E-state index is 12.5. The maximum atomic E-state index is 12.5. The number of carbonyl (C=O) groups is 2. The number of carboxylic acid groups (broad SMARTS) is 1. The van der Waals surface area contributed by atoms with E-state index >= 15 is 0 Å². The van der Waals surface area contributed by atoms with Gasteiger partial charge in [0.25, 0.3) is 0 Å². The topological polar surface area (TPSA) is 88.5 Å². The molecule has 32 heavy (non-hydrogen) atoms. The number of benzene rings is 2. The van der Waals surface area contributed by atoms with E-state index in [1.54, 1.807) is 0 Å². The van der Waals surface area contributed by atoms with E-state index in [1.165, 1.54) is 11.5 Å². The minimum absolute atomic E-state index is 0.384. The Morgan fingerprint density at radius 3 is 2.47 bits per heavy atom. The summed E-state index contributed by atoms with van der Waals surface area (Å²) in [6, 6.07) is 17.0. The van der Waals surface area contributed by atoms with E-state index < -0.39 is 17.5 Å². The number of ether oxygens (including phenoxy) is 1. The number of nitrogens with zero attached hydrogens (tertiary/aromatic N) is 1. The molecule has 1 unspecified atom stereocenters. The number of carbonyl (C=O) groups excluding carboxylic acids is 1. The molecule has 1 aromatic heterocycles. The number of amides is 1. The van der Waals surface area contributed by atoms with Crippen molar-refractivity contribution < 1.29 is 19.4 Å². The molecule has 1 saturated carbocycles. The second-order valence-electron chi connectivity index (χ2n) is 7.77. The average molecular weight is 447 g/mol. The molecule has 0 saturated heterocycles. The Morgan fingerprint density at radius 1 is 1.16 bits per heavy atom. The molecule has 0 spiro atoms.